The summed E-state index contributed by atoms with van der Waals surface area (Å²) in [6.45, 7) is 6.27. The van der Waals surface area contributed by atoms with Crippen molar-refractivity contribution in [3.63, 3.8) is 0 Å². The molecule has 0 unspecified atom stereocenters. The Labute approximate surface area is 140 Å². The Balaban J connectivity index is 1.66. The van der Waals surface area contributed by atoms with E-state index in [0.717, 1.165) is 34.1 Å². The maximum absolute atomic E-state index is 4.70. The molecule has 3 heterocycles. The molecule has 0 bridgehead atoms. The number of hydrogen-bond donors (Lipinski definition) is 1. The number of nitrogens with zero attached hydrogens (tertiary/aromatic N) is 4. The van der Waals surface area contributed by atoms with Gasteiger partial charge in [-0.2, -0.15) is 5.10 Å². The number of imidazole rings is 1. The maximum atomic E-state index is 4.70. The van der Waals surface area contributed by atoms with Crippen LogP contribution >= 0.6 is 0 Å². The van der Waals surface area contributed by atoms with E-state index in [4.69, 9.17) is 4.98 Å². The van der Waals surface area contributed by atoms with Crippen LogP contribution in [-0.4, -0.2) is 24.7 Å². The number of hydrogen-bond acceptors (Lipinski definition) is 3. The van der Waals surface area contributed by atoms with Crippen LogP contribution in [0.1, 0.15) is 28.3 Å². The van der Waals surface area contributed by atoms with Crippen molar-refractivity contribution in [1.82, 2.24) is 24.7 Å². The van der Waals surface area contributed by atoms with Gasteiger partial charge in [-0.3, -0.25) is 0 Å². The van der Waals surface area contributed by atoms with Gasteiger partial charge in [-0.15, -0.1) is 0 Å². The Morgan fingerprint density at radius 1 is 1.04 bits per heavy atom. The van der Waals surface area contributed by atoms with Gasteiger partial charge in [0, 0.05) is 18.3 Å². The predicted molar refractivity (Wildman–Crippen MR) is 94.5 cm³/mol. The quantitative estimate of drug-likeness (QED) is 0.627. The zero-order valence-electron chi connectivity index (χ0n) is 14.0. The highest BCUT2D eigenvalue weighted by Crippen LogP contribution is 2.19. The molecular weight excluding hydrogens is 298 g/mol. The second kappa shape index (κ2) is 5.60. The zero-order chi connectivity index (χ0) is 16.7. The summed E-state index contributed by atoms with van der Waals surface area (Å²) in [4.78, 5) is 12.5. The third-order valence-electron chi connectivity index (χ3n) is 4.30. The van der Waals surface area contributed by atoms with Crippen LogP contribution in [0.3, 0.4) is 0 Å². The Morgan fingerprint density at radius 3 is 2.67 bits per heavy atom. The van der Waals surface area contributed by atoms with Crippen LogP contribution in [0.15, 0.2) is 42.6 Å². The lowest BCUT2D eigenvalue weighted by molar-refractivity contribution is 0.793. The fourth-order valence-electron chi connectivity index (χ4n) is 2.91. The summed E-state index contributed by atoms with van der Waals surface area (Å²) in [5.41, 5.74) is 6.66. The van der Waals surface area contributed by atoms with E-state index in [1.165, 1.54) is 11.1 Å². The van der Waals surface area contributed by atoms with E-state index >= 15 is 0 Å². The van der Waals surface area contributed by atoms with E-state index in [-0.39, 0.29) is 0 Å². The van der Waals surface area contributed by atoms with E-state index in [1.807, 2.05) is 29.8 Å². The van der Waals surface area contributed by atoms with E-state index < -0.39 is 0 Å². The number of rotatable bonds is 3. The molecule has 24 heavy (non-hydrogen) atoms. The zero-order valence-corrected chi connectivity index (χ0v) is 14.0. The summed E-state index contributed by atoms with van der Waals surface area (Å²) in [7, 11) is 0. The van der Waals surface area contributed by atoms with Crippen molar-refractivity contribution < 1.29 is 0 Å². The van der Waals surface area contributed by atoms with Gasteiger partial charge in [0.2, 0.25) is 0 Å². The second-order valence-electron chi connectivity index (χ2n) is 6.19. The van der Waals surface area contributed by atoms with Crippen LogP contribution in [0, 0.1) is 20.8 Å². The van der Waals surface area contributed by atoms with Crippen molar-refractivity contribution in [2.75, 3.05) is 0 Å². The fraction of sp³-hybridized carbons (Fsp3) is 0.211. The number of H-pyrrole nitrogens is 1. The van der Waals surface area contributed by atoms with E-state index in [0.29, 0.717) is 6.42 Å². The summed E-state index contributed by atoms with van der Waals surface area (Å²) in [5, 5.41) is 4.67. The summed E-state index contributed by atoms with van der Waals surface area (Å²) in [5.74, 6) is 1.76. The van der Waals surface area contributed by atoms with Crippen molar-refractivity contribution in [3.8, 4) is 5.82 Å². The molecule has 0 aliphatic heterocycles. The molecule has 3 aromatic heterocycles. The number of pyridine rings is 1. The lowest BCUT2D eigenvalue weighted by Gasteiger charge is -2.01. The highest BCUT2D eigenvalue weighted by atomic mass is 15.3. The standard InChI is InChI=1S/C19H19N5/c1-12-8-16-17(9-13(12)2)22-18(21-16)11-15-10-14(3)24(23-15)19-6-4-5-7-20-19/h4-10H,11H2,1-3H3,(H,21,22). The first-order chi connectivity index (χ1) is 11.6. The molecule has 0 fully saturated rings. The molecule has 0 radical (unpaired) electrons. The summed E-state index contributed by atoms with van der Waals surface area (Å²) in [6.07, 6.45) is 2.45. The second-order valence-corrected chi connectivity index (χ2v) is 6.19. The van der Waals surface area contributed by atoms with Crippen LogP contribution in [0.5, 0.6) is 0 Å². The number of aromatic amines is 1. The number of aryl methyl sites for hydroxylation is 3. The van der Waals surface area contributed by atoms with Crippen LogP contribution in [0.4, 0.5) is 0 Å². The van der Waals surface area contributed by atoms with E-state index in [2.05, 4.69) is 47.1 Å². The summed E-state index contributed by atoms with van der Waals surface area (Å²) in [6, 6.07) is 12.2. The SMILES string of the molecule is Cc1cc2nc(Cc3cc(C)n(-c4ccccn4)n3)[nH]c2cc1C. The molecule has 0 spiro atoms. The molecule has 5 nitrogen and oxygen atoms in total. The molecule has 0 aliphatic carbocycles. The van der Waals surface area contributed by atoms with Crippen molar-refractivity contribution >= 4 is 11.0 Å². The van der Waals surface area contributed by atoms with Crippen LogP contribution < -0.4 is 0 Å². The monoisotopic (exact) mass is 317 g/mol. The van der Waals surface area contributed by atoms with Crippen molar-refractivity contribution in [1.29, 1.82) is 0 Å². The molecule has 0 amide bonds. The molecule has 1 N–H and O–H groups in total. The lowest BCUT2D eigenvalue weighted by Crippen LogP contribution is -2.01. The molecule has 4 rings (SSSR count). The number of fused-ring (bicyclic) bond motifs is 1. The minimum absolute atomic E-state index is 0.674. The Kier molecular flexibility index (Phi) is 3.41. The molecule has 0 aliphatic rings. The minimum Gasteiger partial charge on any atom is -0.342 e. The normalized spacial score (nSPS) is 11.3. The van der Waals surface area contributed by atoms with Gasteiger partial charge in [-0.05, 0) is 62.2 Å². The van der Waals surface area contributed by atoms with Gasteiger partial charge in [0.25, 0.3) is 0 Å². The fourth-order valence-corrected chi connectivity index (χ4v) is 2.91. The number of nitrogens with one attached hydrogen (secondary N) is 1. The Hall–Kier alpha value is -2.95. The lowest BCUT2D eigenvalue weighted by atomic mass is 10.1. The topological polar surface area (TPSA) is 59.4 Å². The molecular formula is C19H19N5. The first kappa shape index (κ1) is 14.6. The maximum Gasteiger partial charge on any atom is 0.153 e. The Morgan fingerprint density at radius 2 is 1.88 bits per heavy atom. The van der Waals surface area contributed by atoms with Gasteiger partial charge < -0.3 is 4.98 Å². The van der Waals surface area contributed by atoms with Crippen LogP contribution in [0.2, 0.25) is 0 Å². The molecule has 5 heteroatoms. The minimum atomic E-state index is 0.674. The largest absolute Gasteiger partial charge is 0.342 e. The molecule has 0 saturated heterocycles. The van der Waals surface area contributed by atoms with Crippen molar-refractivity contribution in [3.05, 3.63) is 70.9 Å². The molecule has 0 atom stereocenters. The van der Waals surface area contributed by atoms with Gasteiger partial charge in [0.1, 0.15) is 5.82 Å². The summed E-state index contributed by atoms with van der Waals surface area (Å²) < 4.78 is 1.87. The van der Waals surface area contributed by atoms with Crippen molar-refractivity contribution in [2.24, 2.45) is 0 Å². The van der Waals surface area contributed by atoms with Crippen LogP contribution in [0.25, 0.3) is 16.9 Å². The van der Waals surface area contributed by atoms with E-state index in [9.17, 15) is 0 Å². The third kappa shape index (κ3) is 2.58. The molecule has 0 saturated carbocycles. The first-order valence-corrected chi connectivity index (χ1v) is 8.03. The third-order valence-corrected chi connectivity index (χ3v) is 4.30. The van der Waals surface area contributed by atoms with E-state index in [1.54, 1.807) is 6.20 Å². The van der Waals surface area contributed by atoms with Gasteiger partial charge in [0.05, 0.1) is 16.7 Å². The number of benzene rings is 1. The number of aromatic nitrogens is 5. The van der Waals surface area contributed by atoms with Gasteiger partial charge in [0.15, 0.2) is 5.82 Å². The van der Waals surface area contributed by atoms with Gasteiger partial charge in [-0.25, -0.2) is 14.6 Å². The molecule has 120 valence electrons. The predicted octanol–water partition coefficient (Wildman–Crippen LogP) is 3.66. The molecule has 4 aromatic rings. The highest BCUT2D eigenvalue weighted by Gasteiger charge is 2.10. The highest BCUT2D eigenvalue weighted by molar-refractivity contribution is 5.77. The van der Waals surface area contributed by atoms with Gasteiger partial charge in [-0.1, -0.05) is 6.07 Å². The van der Waals surface area contributed by atoms with Crippen LogP contribution in [-0.2, 0) is 6.42 Å². The Bertz CT molecular complexity index is 972. The average molecular weight is 317 g/mol. The smallest absolute Gasteiger partial charge is 0.153 e. The van der Waals surface area contributed by atoms with Gasteiger partial charge >= 0.3 is 0 Å². The first-order valence-electron chi connectivity index (χ1n) is 8.03. The van der Waals surface area contributed by atoms with Crippen molar-refractivity contribution in [2.45, 2.75) is 27.2 Å². The molecule has 1 aromatic carbocycles. The average Bonchev–Trinajstić information content (AvgIpc) is 3.11. The summed E-state index contributed by atoms with van der Waals surface area (Å²) >= 11 is 0.